The van der Waals surface area contributed by atoms with Crippen molar-refractivity contribution in [2.24, 2.45) is 11.8 Å². The van der Waals surface area contributed by atoms with Crippen molar-refractivity contribution in [2.75, 3.05) is 26.2 Å². The van der Waals surface area contributed by atoms with Gasteiger partial charge in [-0.15, -0.1) is 11.3 Å². The molecule has 0 N–H and O–H groups in total. The Hall–Kier alpha value is -3.20. The Bertz CT molecular complexity index is 1200. The van der Waals surface area contributed by atoms with Gasteiger partial charge in [0.25, 0.3) is 11.8 Å². The van der Waals surface area contributed by atoms with Gasteiger partial charge < -0.3 is 9.80 Å². The predicted octanol–water partition coefficient (Wildman–Crippen LogP) is 5.45. The molecule has 35 heavy (non-hydrogen) atoms. The molecule has 182 valence electrons. The highest BCUT2D eigenvalue weighted by Crippen LogP contribution is 2.34. The summed E-state index contributed by atoms with van der Waals surface area (Å²) in [5, 5.41) is 1.77. The van der Waals surface area contributed by atoms with Gasteiger partial charge in [-0.05, 0) is 60.1 Å². The van der Waals surface area contributed by atoms with Gasteiger partial charge in [-0.2, -0.15) is 13.2 Å². The Morgan fingerprint density at radius 2 is 1.60 bits per heavy atom. The topological polar surface area (TPSA) is 53.5 Å². The summed E-state index contributed by atoms with van der Waals surface area (Å²) in [6.45, 7) is 2.81. The second kappa shape index (κ2) is 9.45. The second-order valence-corrected chi connectivity index (χ2v) is 9.85. The van der Waals surface area contributed by atoms with E-state index in [0.717, 1.165) is 25.0 Å². The van der Waals surface area contributed by atoms with Crippen molar-refractivity contribution in [1.29, 1.82) is 0 Å². The van der Waals surface area contributed by atoms with Crippen molar-refractivity contribution < 1.29 is 22.8 Å². The average Bonchev–Trinajstić information content (AvgIpc) is 3.38. The maximum absolute atomic E-state index is 13.0. The van der Waals surface area contributed by atoms with Gasteiger partial charge in [0, 0.05) is 37.1 Å². The monoisotopic (exact) mass is 499 g/mol. The molecule has 3 aromatic rings. The lowest BCUT2D eigenvalue weighted by atomic mass is 9.79. The molecule has 0 atom stereocenters. The van der Waals surface area contributed by atoms with E-state index in [-0.39, 0.29) is 11.8 Å². The number of hydrogen-bond acceptors (Lipinski definition) is 4. The fourth-order valence-electron chi connectivity index (χ4n) is 4.89. The largest absolute Gasteiger partial charge is 0.416 e. The number of alkyl halides is 3. The molecule has 0 saturated carbocycles. The van der Waals surface area contributed by atoms with Crippen LogP contribution in [0.2, 0.25) is 0 Å². The van der Waals surface area contributed by atoms with Gasteiger partial charge in [0.05, 0.1) is 11.1 Å². The lowest BCUT2D eigenvalue weighted by Crippen LogP contribution is -2.54. The zero-order valence-corrected chi connectivity index (χ0v) is 19.7. The molecule has 9 heteroatoms. The molecule has 0 aliphatic carbocycles. The molecule has 5 rings (SSSR count). The number of halogens is 3. The fourth-order valence-corrected chi connectivity index (χ4v) is 5.42. The van der Waals surface area contributed by atoms with Crippen LogP contribution in [0, 0.1) is 11.8 Å². The van der Waals surface area contributed by atoms with Crippen molar-refractivity contribution in [1.82, 2.24) is 14.8 Å². The molecule has 0 radical (unpaired) electrons. The second-order valence-electron chi connectivity index (χ2n) is 9.13. The number of thiazole rings is 1. The third-order valence-electron chi connectivity index (χ3n) is 7.00. The summed E-state index contributed by atoms with van der Waals surface area (Å²) in [7, 11) is 0. The van der Waals surface area contributed by atoms with Crippen molar-refractivity contribution in [2.45, 2.75) is 19.0 Å². The number of carbonyl (C=O) groups is 2. The minimum Gasteiger partial charge on any atom is -0.338 e. The van der Waals surface area contributed by atoms with Gasteiger partial charge >= 0.3 is 6.18 Å². The van der Waals surface area contributed by atoms with Gasteiger partial charge in [-0.3, -0.25) is 9.59 Å². The molecule has 2 fully saturated rings. The Morgan fingerprint density at radius 3 is 2.23 bits per heavy atom. The molecule has 0 bridgehead atoms. The third-order valence-corrected chi connectivity index (χ3v) is 7.58. The van der Waals surface area contributed by atoms with Crippen LogP contribution >= 0.6 is 11.3 Å². The molecular formula is C26H24F3N3O2S. The SMILES string of the molecule is O=C(c1ccc(-c2cccc(C(F)(F)F)c2)cc1)N1CC(C2CCN(C(=O)c3cscn3)CC2)C1. The number of rotatable bonds is 4. The van der Waals surface area contributed by atoms with Crippen LogP contribution in [0.1, 0.15) is 39.3 Å². The summed E-state index contributed by atoms with van der Waals surface area (Å²) in [6, 6.07) is 11.9. The molecule has 2 aromatic carbocycles. The summed E-state index contributed by atoms with van der Waals surface area (Å²) in [5.74, 6) is 0.846. The van der Waals surface area contributed by atoms with Gasteiger partial charge in [0.1, 0.15) is 5.69 Å². The van der Waals surface area contributed by atoms with Gasteiger partial charge in [0.2, 0.25) is 0 Å². The fraction of sp³-hybridized carbons (Fsp3) is 0.346. The molecule has 5 nitrogen and oxygen atoms in total. The maximum atomic E-state index is 13.0. The van der Waals surface area contributed by atoms with E-state index >= 15 is 0 Å². The number of nitrogens with zero attached hydrogens (tertiary/aromatic N) is 3. The van der Waals surface area contributed by atoms with E-state index in [2.05, 4.69) is 4.98 Å². The number of benzene rings is 2. The highest BCUT2D eigenvalue weighted by molar-refractivity contribution is 7.07. The first-order valence-corrected chi connectivity index (χ1v) is 12.5. The smallest absolute Gasteiger partial charge is 0.338 e. The van der Waals surface area contributed by atoms with E-state index in [4.69, 9.17) is 0 Å². The maximum Gasteiger partial charge on any atom is 0.416 e. The zero-order valence-electron chi connectivity index (χ0n) is 18.9. The Morgan fingerprint density at radius 1 is 0.886 bits per heavy atom. The highest BCUT2D eigenvalue weighted by Gasteiger charge is 2.38. The van der Waals surface area contributed by atoms with Gasteiger partial charge in [0.15, 0.2) is 0 Å². The number of carbonyl (C=O) groups excluding carboxylic acids is 2. The quantitative estimate of drug-likeness (QED) is 0.480. The first kappa shape index (κ1) is 23.5. The molecule has 0 unspecified atom stereocenters. The zero-order chi connectivity index (χ0) is 24.6. The van der Waals surface area contributed by atoms with Crippen LogP contribution in [-0.2, 0) is 6.18 Å². The molecule has 3 heterocycles. The van der Waals surface area contributed by atoms with Crippen molar-refractivity contribution in [3.63, 3.8) is 0 Å². The van der Waals surface area contributed by atoms with E-state index < -0.39 is 11.7 Å². The molecule has 1 aromatic heterocycles. The van der Waals surface area contributed by atoms with Crippen molar-refractivity contribution in [3.8, 4) is 11.1 Å². The summed E-state index contributed by atoms with van der Waals surface area (Å²) < 4.78 is 39.0. The van der Waals surface area contributed by atoms with Crippen LogP contribution in [0.15, 0.2) is 59.4 Å². The normalized spacial score (nSPS) is 17.3. The molecule has 2 aliphatic heterocycles. The Balaban J connectivity index is 1.14. The van der Waals surface area contributed by atoms with Gasteiger partial charge in [-0.1, -0.05) is 24.3 Å². The lowest BCUT2D eigenvalue weighted by Gasteiger charge is -2.46. The summed E-state index contributed by atoms with van der Waals surface area (Å²) in [6.07, 6.45) is -2.55. The van der Waals surface area contributed by atoms with E-state index in [1.165, 1.54) is 17.4 Å². The molecular weight excluding hydrogens is 475 g/mol. The van der Waals surface area contributed by atoms with Crippen molar-refractivity contribution >= 4 is 23.2 Å². The van der Waals surface area contributed by atoms with Crippen LogP contribution in [0.25, 0.3) is 11.1 Å². The minimum atomic E-state index is -4.40. The number of hydrogen-bond donors (Lipinski definition) is 0. The van der Waals surface area contributed by atoms with Crippen molar-refractivity contribution in [3.05, 3.63) is 76.2 Å². The first-order valence-electron chi connectivity index (χ1n) is 11.5. The van der Waals surface area contributed by atoms with E-state index in [9.17, 15) is 22.8 Å². The minimum absolute atomic E-state index is 0.0105. The van der Waals surface area contributed by atoms with Crippen LogP contribution in [-0.4, -0.2) is 52.8 Å². The van der Waals surface area contributed by atoms with Crippen LogP contribution in [0.4, 0.5) is 13.2 Å². The Labute approximate surface area is 205 Å². The standard InChI is InChI=1S/C26H24F3N3O2S/c27-26(28,29)22-3-1-2-20(12-22)17-4-6-19(7-5-17)24(33)32-13-21(14-32)18-8-10-31(11-9-18)25(34)23-15-35-16-30-23/h1-7,12,15-16,18,21H,8-11,13-14H2. The van der Waals surface area contributed by atoms with Crippen LogP contribution < -0.4 is 0 Å². The number of piperidine rings is 1. The number of aromatic nitrogens is 1. The first-order chi connectivity index (χ1) is 16.8. The van der Waals surface area contributed by atoms with E-state index in [1.54, 1.807) is 41.2 Å². The highest BCUT2D eigenvalue weighted by atomic mass is 32.1. The van der Waals surface area contributed by atoms with Crippen LogP contribution in [0.3, 0.4) is 0 Å². The Kier molecular flexibility index (Phi) is 6.35. The summed E-state index contributed by atoms with van der Waals surface area (Å²) in [4.78, 5) is 33.1. The van der Waals surface area contributed by atoms with Crippen LogP contribution in [0.5, 0.6) is 0 Å². The molecule has 0 spiro atoms. The number of amides is 2. The van der Waals surface area contributed by atoms with E-state index in [0.29, 0.717) is 60.4 Å². The lowest BCUT2D eigenvalue weighted by molar-refractivity contribution is -0.137. The average molecular weight is 500 g/mol. The summed E-state index contributed by atoms with van der Waals surface area (Å²) >= 11 is 1.42. The molecule has 2 saturated heterocycles. The van der Waals surface area contributed by atoms with E-state index in [1.807, 2.05) is 9.80 Å². The van der Waals surface area contributed by atoms with Gasteiger partial charge in [-0.25, -0.2) is 4.98 Å². The predicted molar refractivity (Wildman–Crippen MR) is 127 cm³/mol. The number of likely N-dealkylation sites (tertiary alicyclic amines) is 2. The third kappa shape index (κ3) is 4.96. The molecule has 2 aliphatic rings. The summed E-state index contributed by atoms with van der Waals surface area (Å²) in [5.41, 5.74) is 3.10. The molecule has 2 amide bonds.